The standard InChI is InChI=1S/C13H21N3O2/c1-13(9-14,10-4-5-10)15-12(18)8-16-6-2-3-11(17)7-16/h10-11,17H,2-8H2,1H3,(H,15,18)/t11-,13?/m0/s1. The minimum Gasteiger partial charge on any atom is -0.392 e. The van der Waals surface area contributed by atoms with Crippen LogP contribution in [0.2, 0.25) is 0 Å². The number of nitrogens with one attached hydrogen (secondary N) is 1. The molecule has 1 aliphatic heterocycles. The number of hydrogen-bond donors (Lipinski definition) is 2. The first-order valence-electron chi connectivity index (χ1n) is 6.66. The third kappa shape index (κ3) is 3.21. The van der Waals surface area contributed by atoms with Gasteiger partial charge in [-0.05, 0) is 45.1 Å². The van der Waals surface area contributed by atoms with Crippen LogP contribution in [-0.2, 0) is 4.79 Å². The quantitative estimate of drug-likeness (QED) is 0.751. The van der Waals surface area contributed by atoms with Gasteiger partial charge in [0, 0.05) is 6.54 Å². The molecule has 0 aromatic heterocycles. The number of amides is 1. The van der Waals surface area contributed by atoms with Crippen LogP contribution in [0.4, 0.5) is 0 Å². The number of piperidine rings is 1. The number of nitrogens with zero attached hydrogens (tertiary/aromatic N) is 2. The summed E-state index contributed by atoms with van der Waals surface area (Å²) in [5, 5.41) is 21.6. The van der Waals surface area contributed by atoms with Crippen molar-refractivity contribution in [2.24, 2.45) is 5.92 Å². The highest BCUT2D eigenvalue weighted by Crippen LogP contribution is 2.39. The number of β-amino-alcohol motifs (C(OH)–C–C–N with tert-alkyl or cyclic N) is 1. The zero-order valence-corrected chi connectivity index (χ0v) is 10.9. The van der Waals surface area contributed by atoms with Crippen molar-refractivity contribution in [2.75, 3.05) is 19.6 Å². The molecule has 1 saturated carbocycles. The predicted molar refractivity (Wildman–Crippen MR) is 66.6 cm³/mol. The Morgan fingerprint density at radius 3 is 2.83 bits per heavy atom. The van der Waals surface area contributed by atoms with Crippen LogP contribution >= 0.6 is 0 Å². The van der Waals surface area contributed by atoms with Crippen LogP contribution in [0.1, 0.15) is 32.6 Å². The van der Waals surface area contributed by atoms with E-state index in [9.17, 15) is 15.2 Å². The lowest BCUT2D eigenvalue weighted by atomic mass is 9.98. The third-order valence-electron chi connectivity index (χ3n) is 3.87. The fourth-order valence-electron chi connectivity index (χ4n) is 2.59. The lowest BCUT2D eigenvalue weighted by Crippen LogP contribution is -2.51. The molecule has 2 atom stereocenters. The molecule has 2 rings (SSSR count). The maximum Gasteiger partial charge on any atom is 0.235 e. The summed E-state index contributed by atoms with van der Waals surface area (Å²) in [5.74, 6) is 0.193. The van der Waals surface area contributed by atoms with Gasteiger partial charge in [0.2, 0.25) is 5.91 Å². The highest BCUT2D eigenvalue weighted by Gasteiger charge is 2.43. The molecule has 2 N–H and O–H groups in total. The van der Waals surface area contributed by atoms with Crippen LogP contribution < -0.4 is 5.32 Å². The van der Waals surface area contributed by atoms with E-state index in [1.807, 2.05) is 4.90 Å². The monoisotopic (exact) mass is 251 g/mol. The Morgan fingerprint density at radius 1 is 1.56 bits per heavy atom. The van der Waals surface area contributed by atoms with Crippen molar-refractivity contribution >= 4 is 5.91 Å². The van der Waals surface area contributed by atoms with E-state index < -0.39 is 5.54 Å². The minimum atomic E-state index is -0.717. The molecule has 2 fully saturated rings. The fourth-order valence-corrected chi connectivity index (χ4v) is 2.59. The fraction of sp³-hybridized carbons (Fsp3) is 0.846. The Balaban J connectivity index is 1.83. The Morgan fingerprint density at radius 2 is 2.28 bits per heavy atom. The van der Waals surface area contributed by atoms with Crippen molar-refractivity contribution in [2.45, 2.75) is 44.2 Å². The summed E-state index contributed by atoms with van der Waals surface area (Å²) >= 11 is 0. The van der Waals surface area contributed by atoms with Crippen LogP contribution in [0, 0.1) is 17.2 Å². The number of nitriles is 1. The summed E-state index contributed by atoms with van der Waals surface area (Å²) in [5.41, 5.74) is -0.717. The van der Waals surface area contributed by atoms with Crippen LogP contribution in [0.3, 0.4) is 0 Å². The van der Waals surface area contributed by atoms with Crippen LogP contribution in [-0.4, -0.2) is 47.2 Å². The number of likely N-dealkylation sites (tertiary alicyclic amines) is 1. The summed E-state index contributed by atoms with van der Waals surface area (Å²) in [4.78, 5) is 13.9. The highest BCUT2D eigenvalue weighted by atomic mass is 16.3. The van der Waals surface area contributed by atoms with Gasteiger partial charge in [0.25, 0.3) is 0 Å². The first kappa shape index (κ1) is 13.3. The lowest BCUT2D eigenvalue weighted by molar-refractivity contribution is -0.124. The van der Waals surface area contributed by atoms with Crippen LogP contribution in [0.15, 0.2) is 0 Å². The summed E-state index contributed by atoms with van der Waals surface area (Å²) in [6.07, 6.45) is 3.46. The van der Waals surface area contributed by atoms with E-state index in [0.717, 1.165) is 32.2 Å². The van der Waals surface area contributed by atoms with E-state index in [0.29, 0.717) is 12.5 Å². The molecule has 100 valence electrons. The molecule has 1 heterocycles. The Hall–Kier alpha value is -1.12. The summed E-state index contributed by atoms with van der Waals surface area (Å²) in [6, 6.07) is 2.22. The molecule has 0 radical (unpaired) electrons. The third-order valence-corrected chi connectivity index (χ3v) is 3.87. The number of carbonyl (C=O) groups excluding carboxylic acids is 1. The summed E-state index contributed by atoms with van der Waals surface area (Å²) < 4.78 is 0. The largest absolute Gasteiger partial charge is 0.392 e. The maximum absolute atomic E-state index is 11.9. The van der Waals surface area contributed by atoms with Gasteiger partial charge < -0.3 is 10.4 Å². The molecule has 0 spiro atoms. The molecule has 0 aromatic carbocycles. The second-order valence-electron chi connectivity index (χ2n) is 5.67. The Labute approximate surface area is 108 Å². The molecule has 5 heteroatoms. The van der Waals surface area contributed by atoms with Gasteiger partial charge in [0.05, 0.1) is 18.7 Å². The van der Waals surface area contributed by atoms with Gasteiger partial charge in [-0.3, -0.25) is 9.69 Å². The number of carbonyl (C=O) groups is 1. The topological polar surface area (TPSA) is 76.4 Å². The van der Waals surface area contributed by atoms with Crippen molar-refractivity contribution < 1.29 is 9.90 Å². The van der Waals surface area contributed by atoms with Gasteiger partial charge in [-0.2, -0.15) is 5.26 Å². The van der Waals surface area contributed by atoms with Gasteiger partial charge in [-0.25, -0.2) is 0 Å². The van der Waals surface area contributed by atoms with E-state index in [-0.39, 0.29) is 18.6 Å². The predicted octanol–water partition coefficient (Wildman–Crippen LogP) is 0.252. The number of hydrogen-bond acceptors (Lipinski definition) is 4. The molecule has 1 amide bonds. The zero-order chi connectivity index (χ0) is 13.2. The summed E-state index contributed by atoms with van der Waals surface area (Å²) in [6.45, 7) is 3.48. The molecule has 1 aliphatic carbocycles. The van der Waals surface area contributed by atoms with E-state index in [1.54, 1.807) is 6.92 Å². The first-order chi connectivity index (χ1) is 8.53. The molecule has 18 heavy (non-hydrogen) atoms. The molecule has 0 aromatic rings. The first-order valence-corrected chi connectivity index (χ1v) is 6.66. The molecule has 5 nitrogen and oxygen atoms in total. The normalized spacial score (nSPS) is 28.2. The van der Waals surface area contributed by atoms with Crippen molar-refractivity contribution in [1.29, 1.82) is 5.26 Å². The minimum absolute atomic E-state index is 0.111. The van der Waals surface area contributed by atoms with Gasteiger partial charge in [-0.15, -0.1) is 0 Å². The number of rotatable bonds is 4. The van der Waals surface area contributed by atoms with E-state index >= 15 is 0 Å². The molecular weight excluding hydrogens is 230 g/mol. The van der Waals surface area contributed by atoms with E-state index in [4.69, 9.17) is 0 Å². The van der Waals surface area contributed by atoms with Crippen molar-refractivity contribution in [3.05, 3.63) is 0 Å². The second kappa shape index (κ2) is 5.25. The Kier molecular flexibility index (Phi) is 3.88. The molecule has 2 aliphatic rings. The zero-order valence-electron chi connectivity index (χ0n) is 10.9. The average Bonchev–Trinajstić information content (AvgIpc) is 3.12. The summed E-state index contributed by atoms with van der Waals surface area (Å²) in [7, 11) is 0. The van der Waals surface area contributed by atoms with Gasteiger partial charge in [-0.1, -0.05) is 0 Å². The van der Waals surface area contributed by atoms with Gasteiger partial charge in [0.15, 0.2) is 0 Å². The van der Waals surface area contributed by atoms with E-state index in [1.165, 1.54) is 0 Å². The smallest absolute Gasteiger partial charge is 0.235 e. The lowest BCUT2D eigenvalue weighted by Gasteiger charge is -2.31. The van der Waals surface area contributed by atoms with Crippen molar-refractivity contribution in [3.8, 4) is 6.07 Å². The van der Waals surface area contributed by atoms with E-state index in [2.05, 4.69) is 11.4 Å². The molecule has 1 saturated heterocycles. The molecule has 0 bridgehead atoms. The Bertz CT molecular complexity index is 362. The molecular formula is C13H21N3O2. The van der Waals surface area contributed by atoms with Gasteiger partial charge >= 0.3 is 0 Å². The number of aliphatic hydroxyl groups excluding tert-OH is 1. The van der Waals surface area contributed by atoms with Crippen LogP contribution in [0.5, 0.6) is 0 Å². The highest BCUT2D eigenvalue weighted by molar-refractivity contribution is 5.79. The molecule has 1 unspecified atom stereocenters. The van der Waals surface area contributed by atoms with Crippen molar-refractivity contribution in [3.63, 3.8) is 0 Å². The SMILES string of the molecule is CC(C#N)(NC(=O)CN1CCC[C@H](O)C1)C1CC1. The average molecular weight is 251 g/mol. The maximum atomic E-state index is 11.9. The second-order valence-corrected chi connectivity index (χ2v) is 5.67. The van der Waals surface area contributed by atoms with Gasteiger partial charge in [0.1, 0.15) is 5.54 Å². The number of aliphatic hydroxyl groups is 1. The van der Waals surface area contributed by atoms with Crippen molar-refractivity contribution in [1.82, 2.24) is 10.2 Å². The van der Waals surface area contributed by atoms with Crippen LogP contribution in [0.25, 0.3) is 0 Å².